The molecule has 6 nitrogen and oxygen atoms in total. The van der Waals surface area contributed by atoms with Crippen molar-refractivity contribution in [1.82, 2.24) is 19.3 Å². The Hall–Kier alpha value is -3.41. The fourth-order valence-corrected chi connectivity index (χ4v) is 3.34. The van der Waals surface area contributed by atoms with Gasteiger partial charge in [-0.1, -0.05) is 49.7 Å². The monoisotopic (exact) mass is 374 g/mol. The SMILES string of the molecule is CCCCNC(=O)c1cc2c(=O)n3ccccc3nc2n1Cc1ccccc1. The van der Waals surface area contributed by atoms with E-state index in [1.54, 1.807) is 24.4 Å². The summed E-state index contributed by atoms with van der Waals surface area (Å²) in [6.45, 7) is 3.15. The Balaban J connectivity index is 1.89. The summed E-state index contributed by atoms with van der Waals surface area (Å²) in [5, 5.41) is 3.40. The van der Waals surface area contributed by atoms with Crippen molar-refractivity contribution >= 4 is 22.6 Å². The Labute approximate surface area is 162 Å². The summed E-state index contributed by atoms with van der Waals surface area (Å²) in [5.74, 6) is -0.184. The molecule has 0 spiro atoms. The van der Waals surface area contributed by atoms with Crippen molar-refractivity contribution in [3.05, 3.63) is 82.4 Å². The lowest BCUT2D eigenvalue weighted by atomic mass is 10.2. The summed E-state index contributed by atoms with van der Waals surface area (Å²) in [4.78, 5) is 30.5. The first-order chi connectivity index (χ1) is 13.7. The van der Waals surface area contributed by atoms with Crippen LogP contribution in [-0.4, -0.2) is 26.4 Å². The Bertz CT molecular complexity index is 1190. The molecule has 0 atom stereocenters. The maximum Gasteiger partial charge on any atom is 0.268 e. The van der Waals surface area contributed by atoms with E-state index in [4.69, 9.17) is 0 Å². The molecular weight excluding hydrogens is 352 g/mol. The third-order valence-electron chi connectivity index (χ3n) is 4.81. The van der Waals surface area contributed by atoms with Crippen molar-refractivity contribution in [1.29, 1.82) is 0 Å². The summed E-state index contributed by atoms with van der Waals surface area (Å²) in [6, 6.07) is 17.0. The molecule has 3 aromatic heterocycles. The maximum atomic E-state index is 13.0. The van der Waals surface area contributed by atoms with Crippen molar-refractivity contribution < 1.29 is 4.79 Å². The number of carbonyl (C=O) groups is 1. The highest BCUT2D eigenvalue weighted by Gasteiger charge is 2.19. The second-order valence-corrected chi connectivity index (χ2v) is 6.79. The minimum Gasteiger partial charge on any atom is -0.351 e. The zero-order valence-electron chi connectivity index (χ0n) is 15.8. The van der Waals surface area contributed by atoms with Crippen LogP contribution in [0.4, 0.5) is 0 Å². The van der Waals surface area contributed by atoms with E-state index in [1.165, 1.54) is 4.40 Å². The number of nitrogens with one attached hydrogen (secondary N) is 1. The number of rotatable bonds is 6. The lowest BCUT2D eigenvalue weighted by Crippen LogP contribution is -2.27. The molecule has 0 unspecified atom stereocenters. The number of nitrogens with zero attached hydrogens (tertiary/aromatic N) is 3. The second kappa shape index (κ2) is 7.68. The molecule has 0 fully saturated rings. The van der Waals surface area contributed by atoms with E-state index in [1.807, 2.05) is 41.0 Å². The highest BCUT2D eigenvalue weighted by Crippen LogP contribution is 2.18. The van der Waals surface area contributed by atoms with Crippen molar-refractivity contribution in [3.8, 4) is 0 Å². The molecule has 0 saturated carbocycles. The fourth-order valence-electron chi connectivity index (χ4n) is 3.34. The van der Waals surface area contributed by atoms with Gasteiger partial charge in [-0.25, -0.2) is 4.98 Å². The van der Waals surface area contributed by atoms with Crippen LogP contribution in [0.5, 0.6) is 0 Å². The molecule has 0 radical (unpaired) electrons. The van der Waals surface area contributed by atoms with Gasteiger partial charge >= 0.3 is 0 Å². The summed E-state index contributed by atoms with van der Waals surface area (Å²) in [6.07, 6.45) is 3.61. The highest BCUT2D eigenvalue weighted by molar-refractivity contribution is 5.98. The van der Waals surface area contributed by atoms with E-state index in [0.717, 1.165) is 18.4 Å². The number of carbonyl (C=O) groups excluding carboxylic acids is 1. The zero-order chi connectivity index (χ0) is 19.5. The molecule has 1 N–H and O–H groups in total. The Morgan fingerprint density at radius 2 is 1.89 bits per heavy atom. The molecule has 1 aromatic carbocycles. The predicted molar refractivity (Wildman–Crippen MR) is 110 cm³/mol. The Kier molecular flexibility index (Phi) is 4.93. The molecule has 3 heterocycles. The van der Waals surface area contributed by atoms with Crippen LogP contribution in [0.2, 0.25) is 0 Å². The summed E-state index contributed by atoms with van der Waals surface area (Å²) >= 11 is 0. The molecular formula is C22H22N4O2. The highest BCUT2D eigenvalue weighted by atomic mass is 16.2. The molecule has 28 heavy (non-hydrogen) atoms. The first-order valence-corrected chi connectivity index (χ1v) is 9.52. The van der Waals surface area contributed by atoms with Crippen molar-refractivity contribution in [2.75, 3.05) is 6.54 Å². The van der Waals surface area contributed by atoms with Crippen molar-refractivity contribution in [2.24, 2.45) is 0 Å². The summed E-state index contributed by atoms with van der Waals surface area (Å²) in [5.41, 5.74) is 2.41. The maximum absolute atomic E-state index is 13.0. The summed E-state index contributed by atoms with van der Waals surface area (Å²) < 4.78 is 3.34. The Morgan fingerprint density at radius 3 is 2.68 bits per heavy atom. The zero-order valence-corrected chi connectivity index (χ0v) is 15.8. The van der Waals surface area contributed by atoms with Gasteiger partial charge in [-0.15, -0.1) is 0 Å². The van der Waals surface area contributed by atoms with Crippen LogP contribution >= 0.6 is 0 Å². The van der Waals surface area contributed by atoms with Crippen LogP contribution in [0.25, 0.3) is 16.7 Å². The molecule has 4 aromatic rings. The van der Waals surface area contributed by atoms with E-state index in [0.29, 0.717) is 35.5 Å². The first-order valence-electron chi connectivity index (χ1n) is 9.52. The lowest BCUT2D eigenvalue weighted by molar-refractivity contribution is 0.0944. The average molecular weight is 374 g/mol. The molecule has 1 amide bonds. The molecule has 0 aliphatic rings. The van der Waals surface area contributed by atoms with Gasteiger partial charge in [0.05, 0.1) is 5.39 Å². The van der Waals surface area contributed by atoms with E-state index < -0.39 is 0 Å². The first kappa shape index (κ1) is 18.0. The smallest absolute Gasteiger partial charge is 0.268 e. The van der Waals surface area contributed by atoms with Gasteiger partial charge in [-0.2, -0.15) is 0 Å². The van der Waals surface area contributed by atoms with E-state index in [2.05, 4.69) is 17.2 Å². The largest absolute Gasteiger partial charge is 0.351 e. The predicted octanol–water partition coefficient (Wildman–Crippen LogP) is 3.23. The number of benzene rings is 1. The van der Waals surface area contributed by atoms with Crippen LogP contribution in [0.3, 0.4) is 0 Å². The van der Waals surface area contributed by atoms with Gasteiger partial charge in [-0.3, -0.25) is 14.0 Å². The second-order valence-electron chi connectivity index (χ2n) is 6.79. The third kappa shape index (κ3) is 3.29. The molecule has 0 aliphatic heterocycles. The van der Waals surface area contributed by atoms with Crippen LogP contribution in [0.1, 0.15) is 35.8 Å². The molecule has 0 saturated heterocycles. The van der Waals surface area contributed by atoms with Gasteiger partial charge in [0, 0.05) is 19.3 Å². The number of pyridine rings is 1. The fraction of sp³-hybridized carbons (Fsp3) is 0.227. The lowest BCUT2D eigenvalue weighted by Gasteiger charge is -2.11. The van der Waals surface area contributed by atoms with Gasteiger partial charge < -0.3 is 9.88 Å². The average Bonchev–Trinajstić information content (AvgIpc) is 3.08. The van der Waals surface area contributed by atoms with E-state index in [-0.39, 0.29) is 11.5 Å². The van der Waals surface area contributed by atoms with Gasteiger partial charge in [0.15, 0.2) is 0 Å². The van der Waals surface area contributed by atoms with E-state index in [9.17, 15) is 9.59 Å². The van der Waals surface area contributed by atoms with Gasteiger partial charge in [0.2, 0.25) is 0 Å². The minimum atomic E-state index is -0.184. The number of hydrogen-bond acceptors (Lipinski definition) is 3. The van der Waals surface area contributed by atoms with Crippen molar-refractivity contribution in [3.63, 3.8) is 0 Å². The number of amides is 1. The number of unbranched alkanes of at least 4 members (excludes halogenated alkanes) is 1. The minimum absolute atomic E-state index is 0.171. The van der Waals surface area contributed by atoms with E-state index >= 15 is 0 Å². The number of aromatic nitrogens is 3. The van der Waals surface area contributed by atoms with Crippen LogP contribution < -0.4 is 10.9 Å². The molecule has 6 heteroatoms. The number of fused-ring (bicyclic) bond motifs is 2. The molecule has 0 aliphatic carbocycles. The topological polar surface area (TPSA) is 68.4 Å². The van der Waals surface area contributed by atoms with Crippen LogP contribution in [-0.2, 0) is 6.54 Å². The molecule has 142 valence electrons. The van der Waals surface area contributed by atoms with Gasteiger partial charge in [0.1, 0.15) is 17.0 Å². The van der Waals surface area contributed by atoms with Gasteiger partial charge in [-0.05, 0) is 30.2 Å². The normalized spacial score (nSPS) is 11.2. The van der Waals surface area contributed by atoms with Gasteiger partial charge in [0.25, 0.3) is 11.5 Å². The van der Waals surface area contributed by atoms with Crippen LogP contribution in [0, 0.1) is 0 Å². The van der Waals surface area contributed by atoms with Crippen molar-refractivity contribution in [2.45, 2.75) is 26.3 Å². The third-order valence-corrected chi connectivity index (χ3v) is 4.81. The quantitative estimate of drug-likeness (QED) is 0.527. The molecule has 4 rings (SSSR count). The standard InChI is InChI=1S/C22H22N4O2/c1-2-3-12-23-21(27)18-14-17-20(26(18)15-16-9-5-4-6-10-16)24-19-11-7-8-13-25(19)22(17)28/h4-11,13-14H,2-3,12,15H2,1H3,(H,23,27). The number of hydrogen-bond donors (Lipinski definition) is 1. The Morgan fingerprint density at radius 1 is 1.11 bits per heavy atom. The molecule has 0 bridgehead atoms. The van der Waals surface area contributed by atoms with Crippen LogP contribution in [0.15, 0.2) is 65.6 Å². The summed E-state index contributed by atoms with van der Waals surface area (Å²) in [7, 11) is 0.